The second-order valence-corrected chi connectivity index (χ2v) is 6.58. The van der Waals surface area contributed by atoms with Crippen LogP contribution in [-0.4, -0.2) is 27.3 Å². The van der Waals surface area contributed by atoms with Crippen molar-refractivity contribution in [2.75, 3.05) is 6.54 Å². The molecule has 0 aromatic carbocycles. The molecular formula is C14H22BrN3. The number of nitrogens with zero attached hydrogens (tertiary/aromatic N) is 3. The first-order chi connectivity index (χ1) is 8.69. The number of rotatable bonds is 6. The summed E-state index contributed by atoms with van der Waals surface area (Å²) in [6.45, 7) is 4.52. The normalized spacial score (nSPS) is 19.8. The maximum absolute atomic E-state index is 4.60. The SMILES string of the molecule is CCc1nn(C)c(CN(CC2CC2)C2CC2)c1Br. The summed E-state index contributed by atoms with van der Waals surface area (Å²) in [5.41, 5.74) is 2.54. The molecule has 0 bridgehead atoms. The quantitative estimate of drug-likeness (QED) is 0.805. The number of aromatic nitrogens is 2. The summed E-state index contributed by atoms with van der Waals surface area (Å²) in [6, 6.07) is 0.845. The Labute approximate surface area is 118 Å². The van der Waals surface area contributed by atoms with Crippen molar-refractivity contribution in [3.05, 3.63) is 15.9 Å². The Balaban J connectivity index is 1.74. The van der Waals surface area contributed by atoms with Crippen LogP contribution in [0.5, 0.6) is 0 Å². The van der Waals surface area contributed by atoms with Crippen LogP contribution >= 0.6 is 15.9 Å². The molecule has 0 unspecified atom stereocenters. The van der Waals surface area contributed by atoms with Crippen molar-refractivity contribution in [1.82, 2.24) is 14.7 Å². The molecule has 1 aromatic rings. The number of hydrogen-bond acceptors (Lipinski definition) is 2. The van der Waals surface area contributed by atoms with Crippen LogP contribution in [0.2, 0.25) is 0 Å². The lowest BCUT2D eigenvalue weighted by molar-refractivity contribution is 0.237. The third kappa shape index (κ3) is 2.64. The van der Waals surface area contributed by atoms with Crippen LogP contribution in [0.25, 0.3) is 0 Å². The van der Waals surface area contributed by atoms with Gasteiger partial charge in [0.1, 0.15) is 0 Å². The molecule has 2 aliphatic carbocycles. The molecule has 3 nitrogen and oxygen atoms in total. The van der Waals surface area contributed by atoms with Gasteiger partial charge in [-0.05, 0) is 54.0 Å². The van der Waals surface area contributed by atoms with E-state index >= 15 is 0 Å². The molecule has 0 aliphatic heterocycles. The van der Waals surface area contributed by atoms with Crippen LogP contribution in [-0.2, 0) is 20.0 Å². The van der Waals surface area contributed by atoms with Gasteiger partial charge < -0.3 is 0 Å². The van der Waals surface area contributed by atoms with E-state index in [0.29, 0.717) is 0 Å². The van der Waals surface area contributed by atoms with E-state index in [9.17, 15) is 0 Å². The van der Waals surface area contributed by atoms with Crippen molar-refractivity contribution in [1.29, 1.82) is 0 Å². The lowest BCUT2D eigenvalue weighted by atomic mass is 10.2. The highest BCUT2D eigenvalue weighted by molar-refractivity contribution is 9.10. The van der Waals surface area contributed by atoms with E-state index in [1.165, 1.54) is 48.1 Å². The molecule has 1 heterocycles. The first-order valence-electron chi connectivity index (χ1n) is 7.13. The fourth-order valence-corrected chi connectivity index (χ4v) is 3.34. The molecule has 0 radical (unpaired) electrons. The minimum absolute atomic E-state index is 0.845. The van der Waals surface area contributed by atoms with Gasteiger partial charge in [0.2, 0.25) is 0 Å². The molecule has 0 N–H and O–H groups in total. The molecule has 3 rings (SSSR count). The van der Waals surface area contributed by atoms with E-state index in [0.717, 1.165) is 24.9 Å². The topological polar surface area (TPSA) is 21.1 Å². The van der Waals surface area contributed by atoms with Gasteiger partial charge >= 0.3 is 0 Å². The summed E-state index contributed by atoms with van der Waals surface area (Å²) in [7, 11) is 2.07. The molecule has 0 spiro atoms. The average Bonchev–Trinajstić information content (AvgIpc) is 3.23. The zero-order valence-corrected chi connectivity index (χ0v) is 12.9. The maximum Gasteiger partial charge on any atom is 0.0767 e. The second-order valence-electron chi connectivity index (χ2n) is 5.79. The van der Waals surface area contributed by atoms with Crippen molar-refractivity contribution in [2.45, 2.75) is 51.6 Å². The van der Waals surface area contributed by atoms with Crippen LogP contribution in [0.3, 0.4) is 0 Å². The molecule has 0 atom stereocenters. The van der Waals surface area contributed by atoms with Crippen molar-refractivity contribution in [3.8, 4) is 0 Å². The van der Waals surface area contributed by atoms with Crippen molar-refractivity contribution in [2.24, 2.45) is 13.0 Å². The third-order valence-electron chi connectivity index (χ3n) is 4.11. The summed E-state index contributed by atoms with van der Waals surface area (Å²) in [4.78, 5) is 2.68. The van der Waals surface area contributed by atoms with Crippen LogP contribution < -0.4 is 0 Å². The lowest BCUT2D eigenvalue weighted by Gasteiger charge is -2.22. The molecular weight excluding hydrogens is 290 g/mol. The van der Waals surface area contributed by atoms with Crippen molar-refractivity contribution < 1.29 is 0 Å². The Bertz CT molecular complexity index is 432. The smallest absolute Gasteiger partial charge is 0.0767 e. The fraction of sp³-hybridized carbons (Fsp3) is 0.786. The van der Waals surface area contributed by atoms with Crippen LogP contribution in [0.15, 0.2) is 4.47 Å². The third-order valence-corrected chi connectivity index (χ3v) is 5.02. The molecule has 2 fully saturated rings. The van der Waals surface area contributed by atoms with Crippen molar-refractivity contribution in [3.63, 3.8) is 0 Å². The minimum atomic E-state index is 0.845. The monoisotopic (exact) mass is 311 g/mol. The van der Waals surface area contributed by atoms with Crippen LogP contribution in [0.1, 0.15) is 44.0 Å². The Morgan fingerprint density at radius 3 is 2.56 bits per heavy atom. The molecule has 2 saturated carbocycles. The second kappa shape index (κ2) is 4.97. The summed E-state index contributed by atoms with van der Waals surface area (Å²) in [5, 5.41) is 4.60. The highest BCUT2D eigenvalue weighted by Gasteiger charge is 2.34. The zero-order chi connectivity index (χ0) is 12.7. The van der Waals surface area contributed by atoms with E-state index in [2.05, 4.69) is 44.6 Å². The van der Waals surface area contributed by atoms with Gasteiger partial charge in [0.15, 0.2) is 0 Å². The Morgan fingerprint density at radius 2 is 2.06 bits per heavy atom. The predicted molar refractivity (Wildman–Crippen MR) is 76.4 cm³/mol. The summed E-state index contributed by atoms with van der Waals surface area (Å²) in [6.07, 6.45) is 6.66. The molecule has 0 saturated heterocycles. The molecule has 0 amide bonds. The van der Waals surface area contributed by atoms with E-state index in [1.54, 1.807) is 0 Å². The van der Waals surface area contributed by atoms with Crippen molar-refractivity contribution >= 4 is 15.9 Å². The molecule has 18 heavy (non-hydrogen) atoms. The Kier molecular flexibility index (Phi) is 3.50. The standard InChI is InChI=1S/C14H22BrN3/c1-3-12-14(15)13(17(2)16-12)9-18(11-6-7-11)8-10-4-5-10/h10-11H,3-9H2,1-2H3. The highest BCUT2D eigenvalue weighted by atomic mass is 79.9. The van der Waals surface area contributed by atoms with Gasteiger partial charge in [0.25, 0.3) is 0 Å². The first-order valence-corrected chi connectivity index (χ1v) is 7.92. The highest BCUT2D eigenvalue weighted by Crippen LogP contribution is 2.36. The summed E-state index contributed by atoms with van der Waals surface area (Å²) in [5.74, 6) is 0.975. The molecule has 4 heteroatoms. The van der Waals surface area contributed by atoms with Gasteiger partial charge in [-0.1, -0.05) is 6.92 Å². The zero-order valence-electron chi connectivity index (χ0n) is 11.3. The Hall–Kier alpha value is -0.350. The lowest BCUT2D eigenvalue weighted by Crippen LogP contribution is -2.29. The van der Waals surface area contributed by atoms with E-state index in [4.69, 9.17) is 0 Å². The van der Waals surface area contributed by atoms with Gasteiger partial charge in [0, 0.05) is 26.2 Å². The van der Waals surface area contributed by atoms with Crippen LogP contribution in [0.4, 0.5) is 0 Å². The largest absolute Gasteiger partial charge is 0.294 e. The molecule has 100 valence electrons. The van der Waals surface area contributed by atoms with Crippen LogP contribution in [0, 0.1) is 5.92 Å². The Morgan fingerprint density at radius 1 is 1.33 bits per heavy atom. The molecule has 2 aliphatic rings. The van der Waals surface area contributed by atoms with E-state index < -0.39 is 0 Å². The maximum atomic E-state index is 4.60. The first kappa shape index (κ1) is 12.7. The fourth-order valence-electron chi connectivity index (χ4n) is 2.60. The van der Waals surface area contributed by atoms with Gasteiger partial charge in [-0.15, -0.1) is 0 Å². The van der Waals surface area contributed by atoms with Gasteiger partial charge in [0.05, 0.1) is 15.9 Å². The molecule has 1 aromatic heterocycles. The minimum Gasteiger partial charge on any atom is -0.294 e. The van der Waals surface area contributed by atoms with Gasteiger partial charge in [-0.25, -0.2) is 0 Å². The summed E-state index contributed by atoms with van der Waals surface area (Å²) >= 11 is 3.73. The summed E-state index contributed by atoms with van der Waals surface area (Å²) < 4.78 is 3.29. The average molecular weight is 312 g/mol. The number of halogens is 1. The van der Waals surface area contributed by atoms with E-state index in [1.807, 2.05) is 0 Å². The number of hydrogen-bond donors (Lipinski definition) is 0. The van der Waals surface area contributed by atoms with E-state index in [-0.39, 0.29) is 0 Å². The predicted octanol–water partition coefficient (Wildman–Crippen LogP) is 3.12. The number of aryl methyl sites for hydroxylation is 2. The van der Waals surface area contributed by atoms with Gasteiger partial charge in [-0.2, -0.15) is 5.10 Å². The van der Waals surface area contributed by atoms with Gasteiger partial charge in [-0.3, -0.25) is 9.58 Å².